The number of carbonyl (C=O) groups excluding carboxylic acids is 2. The van der Waals surface area contributed by atoms with Gasteiger partial charge in [0.15, 0.2) is 0 Å². The number of carbonyl (C=O) groups is 2. The van der Waals surface area contributed by atoms with E-state index in [0.29, 0.717) is 37.8 Å². The van der Waals surface area contributed by atoms with Gasteiger partial charge in [-0.3, -0.25) is 4.79 Å². The third-order valence-corrected chi connectivity index (χ3v) is 2.63. The molecule has 0 aliphatic heterocycles. The molecule has 0 saturated heterocycles. The first-order valence-corrected chi connectivity index (χ1v) is 6.78. The topological polar surface area (TPSA) is 110 Å². The number of rotatable bonds is 9. The molecule has 0 fully saturated rings. The highest BCUT2D eigenvalue weighted by molar-refractivity contribution is 5.75. The third kappa shape index (κ3) is 15.0. The number of nitrogens with one attached hydrogen (secondary N) is 2. The molecule has 1 unspecified atom stereocenters. The van der Waals surface area contributed by atoms with Gasteiger partial charge in [-0.25, -0.2) is 0 Å². The number of hydrogen-bond donors (Lipinski definition) is 4. The van der Waals surface area contributed by atoms with Crippen LogP contribution in [0, 0.1) is 11.8 Å². The molecule has 0 aliphatic carbocycles. The normalized spacial score (nSPS) is 11.5. The average molecular weight is 274 g/mol. The SMILES string of the molecule is CNCC(CNC(=O)CCN)C(C)C.NCCC=O. The predicted octanol–water partition coefficient (Wildman–Crippen LogP) is -0.523. The summed E-state index contributed by atoms with van der Waals surface area (Å²) in [6.45, 7) is 6.89. The Morgan fingerprint density at radius 2 is 1.84 bits per heavy atom. The molecule has 1 atom stereocenters. The molecule has 0 radical (unpaired) electrons. The van der Waals surface area contributed by atoms with Crippen molar-refractivity contribution in [3.63, 3.8) is 0 Å². The van der Waals surface area contributed by atoms with Crippen molar-refractivity contribution in [1.29, 1.82) is 0 Å². The van der Waals surface area contributed by atoms with Crippen LogP contribution in [0.5, 0.6) is 0 Å². The van der Waals surface area contributed by atoms with E-state index in [1.165, 1.54) is 0 Å². The highest BCUT2D eigenvalue weighted by Crippen LogP contribution is 2.08. The van der Waals surface area contributed by atoms with Gasteiger partial charge in [-0.1, -0.05) is 13.8 Å². The van der Waals surface area contributed by atoms with Gasteiger partial charge in [0.25, 0.3) is 0 Å². The Kier molecular flexibility index (Phi) is 16.1. The van der Waals surface area contributed by atoms with Gasteiger partial charge in [0.05, 0.1) is 0 Å². The lowest BCUT2D eigenvalue weighted by Crippen LogP contribution is -2.36. The molecule has 0 aromatic rings. The van der Waals surface area contributed by atoms with Crippen LogP contribution in [0.4, 0.5) is 0 Å². The van der Waals surface area contributed by atoms with Crippen LogP contribution in [0.3, 0.4) is 0 Å². The zero-order valence-electron chi connectivity index (χ0n) is 12.4. The Bertz CT molecular complexity index is 223. The first-order chi connectivity index (χ1) is 9.03. The van der Waals surface area contributed by atoms with Gasteiger partial charge in [0.2, 0.25) is 5.91 Å². The van der Waals surface area contributed by atoms with E-state index in [9.17, 15) is 9.59 Å². The van der Waals surface area contributed by atoms with Crippen molar-refractivity contribution in [2.75, 3.05) is 33.2 Å². The summed E-state index contributed by atoms with van der Waals surface area (Å²) >= 11 is 0. The Morgan fingerprint density at radius 1 is 1.21 bits per heavy atom. The Hall–Kier alpha value is -0.980. The lowest BCUT2D eigenvalue weighted by atomic mass is 9.96. The number of aldehydes is 1. The molecule has 19 heavy (non-hydrogen) atoms. The molecule has 0 aromatic heterocycles. The van der Waals surface area contributed by atoms with Gasteiger partial charge in [0.1, 0.15) is 6.29 Å². The van der Waals surface area contributed by atoms with E-state index in [4.69, 9.17) is 11.5 Å². The fourth-order valence-corrected chi connectivity index (χ4v) is 1.34. The molecule has 0 aliphatic rings. The van der Waals surface area contributed by atoms with Gasteiger partial charge in [-0.2, -0.15) is 0 Å². The molecule has 114 valence electrons. The molecule has 6 heteroatoms. The van der Waals surface area contributed by atoms with Crippen LogP contribution in [-0.2, 0) is 9.59 Å². The second-order valence-corrected chi connectivity index (χ2v) is 4.65. The van der Waals surface area contributed by atoms with Gasteiger partial charge in [-0.15, -0.1) is 0 Å². The second-order valence-electron chi connectivity index (χ2n) is 4.65. The van der Waals surface area contributed by atoms with Crippen molar-refractivity contribution in [1.82, 2.24) is 10.6 Å². The summed E-state index contributed by atoms with van der Waals surface area (Å²) < 4.78 is 0. The summed E-state index contributed by atoms with van der Waals surface area (Å²) in [5, 5.41) is 6.02. The van der Waals surface area contributed by atoms with Gasteiger partial charge in [0, 0.05) is 25.9 Å². The summed E-state index contributed by atoms with van der Waals surface area (Å²) in [5.41, 5.74) is 10.2. The zero-order chi connectivity index (χ0) is 15.1. The number of nitrogens with two attached hydrogens (primary N) is 2. The van der Waals surface area contributed by atoms with Crippen molar-refractivity contribution >= 4 is 12.2 Å². The molecule has 6 nitrogen and oxygen atoms in total. The third-order valence-electron chi connectivity index (χ3n) is 2.63. The zero-order valence-corrected chi connectivity index (χ0v) is 12.4. The van der Waals surface area contributed by atoms with Crippen molar-refractivity contribution in [2.45, 2.75) is 26.7 Å². The molecule has 0 bridgehead atoms. The fraction of sp³-hybridized carbons (Fsp3) is 0.846. The van der Waals surface area contributed by atoms with E-state index in [2.05, 4.69) is 24.5 Å². The van der Waals surface area contributed by atoms with E-state index in [1.54, 1.807) is 0 Å². The van der Waals surface area contributed by atoms with Gasteiger partial charge in [-0.05, 0) is 32.0 Å². The van der Waals surface area contributed by atoms with Crippen LogP contribution < -0.4 is 22.1 Å². The molecule has 1 amide bonds. The van der Waals surface area contributed by atoms with Crippen molar-refractivity contribution in [2.24, 2.45) is 23.3 Å². The maximum atomic E-state index is 11.2. The summed E-state index contributed by atoms with van der Waals surface area (Å²) in [5.74, 6) is 1.11. The summed E-state index contributed by atoms with van der Waals surface area (Å²) in [7, 11) is 1.93. The van der Waals surface area contributed by atoms with E-state index >= 15 is 0 Å². The molecule has 6 N–H and O–H groups in total. The van der Waals surface area contributed by atoms with Crippen molar-refractivity contribution in [3.05, 3.63) is 0 Å². The Morgan fingerprint density at radius 3 is 2.16 bits per heavy atom. The monoisotopic (exact) mass is 274 g/mol. The first-order valence-electron chi connectivity index (χ1n) is 6.78. The molecule has 0 aromatic carbocycles. The van der Waals surface area contributed by atoms with Crippen LogP contribution >= 0.6 is 0 Å². The Labute approximate surface area is 116 Å². The highest BCUT2D eigenvalue weighted by atomic mass is 16.1. The Balaban J connectivity index is 0. The van der Waals surface area contributed by atoms with Crippen molar-refractivity contribution in [3.8, 4) is 0 Å². The fourth-order valence-electron chi connectivity index (χ4n) is 1.34. The van der Waals surface area contributed by atoms with E-state index in [-0.39, 0.29) is 5.91 Å². The van der Waals surface area contributed by atoms with Crippen LogP contribution in [0.1, 0.15) is 26.7 Å². The lowest BCUT2D eigenvalue weighted by Gasteiger charge is -2.20. The molecule has 0 rings (SSSR count). The van der Waals surface area contributed by atoms with E-state index in [1.807, 2.05) is 7.05 Å². The largest absolute Gasteiger partial charge is 0.356 e. The minimum Gasteiger partial charge on any atom is -0.356 e. The summed E-state index contributed by atoms with van der Waals surface area (Å²) in [6.07, 6.45) is 1.71. The molecular weight excluding hydrogens is 244 g/mol. The standard InChI is InChI=1S/C10H23N3O.C3H7NO/c1-8(2)9(6-12-3)7-13-10(14)4-5-11;4-2-1-3-5/h8-9,12H,4-7,11H2,1-3H3,(H,13,14);3H,1-2,4H2. The summed E-state index contributed by atoms with van der Waals surface area (Å²) in [6, 6.07) is 0. The van der Waals surface area contributed by atoms with Crippen LogP contribution in [-0.4, -0.2) is 45.4 Å². The van der Waals surface area contributed by atoms with Crippen LogP contribution in [0.15, 0.2) is 0 Å². The predicted molar refractivity (Wildman–Crippen MR) is 78.7 cm³/mol. The molecule has 0 heterocycles. The van der Waals surface area contributed by atoms with Gasteiger partial charge < -0.3 is 26.9 Å². The minimum absolute atomic E-state index is 0.0502. The van der Waals surface area contributed by atoms with Crippen LogP contribution in [0.2, 0.25) is 0 Å². The van der Waals surface area contributed by atoms with Gasteiger partial charge >= 0.3 is 0 Å². The second kappa shape index (κ2) is 15.1. The van der Waals surface area contributed by atoms with Crippen molar-refractivity contribution < 1.29 is 9.59 Å². The number of hydrogen-bond acceptors (Lipinski definition) is 5. The highest BCUT2D eigenvalue weighted by Gasteiger charge is 2.13. The summed E-state index contributed by atoms with van der Waals surface area (Å²) in [4.78, 5) is 20.5. The molecular formula is C13H30N4O2. The minimum atomic E-state index is 0.0502. The molecule has 0 spiro atoms. The number of amides is 1. The van der Waals surface area contributed by atoms with Crippen LogP contribution in [0.25, 0.3) is 0 Å². The quantitative estimate of drug-likeness (QED) is 0.423. The smallest absolute Gasteiger partial charge is 0.221 e. The van der Waals surface area contributed by atoms with E-state index in [0.717, 1.165) is 19.4 Å². The first kappa shape index (κ1) is 20.3. The average Bonchev–Trinajstić information content (AvgIpc) is 2.36. The maximum absolute atomic E-state index is 11.2. The lowest BCUT2D eigenvalue weighted by molar-refractivity contribution is -0.121. The maximum Gasteiger partial charge on any atom is 0.221 e. The van der Waals surface area contributed by atoms with E-state index < -0.39 is 0 Å². The molecule has 0 saturated carbocycles.